The first-order chi connectivity index (χ1) is 16.4. The smallest absolute Gasteiger partial charge is 0.246 e. The van der Waals surface area contributed by atoms with Gasteiger partial charge in [0.2, 0.25) is 17.7 Å². The normalized spacial score (nSPS) is 24.8. The Balaban J connectivity index is 1.17. The van der Waals surface area contributed by atoms with Crippen LogP contribution >= 0.6 is 11.3 Å². The summed E-state index contributed by atoms with van der Waals surface area (Å²) in [6.07, 6.45) is 4.97. The van der Waals surface area contributed by atoms with E-state index < -0.39 is 5.91 Å². The molecule has 3 heterocycles. The van der Waals surface area contributed by atoms with Crippen molar-refractivity contribution in [1.82, 2.24) is 14.5 Å². The minimum atomic E-state index is -0.405. The number of anilines is 1. The predicted octanol–water partition coefficient (Wildman–Crippen LogP) is 3.96. The van der Waals surface area contributed by atoms with E-state index in [2.05, 4.69) is 46.9 Å². The van der Waals surface area contributed by atoms with Gasteiger partial charge in [-0.2, -0.15) is 0 Å². The summed E-state index contributed by atoms with van der Waals surface area (Å²) in [5, 5.41) is 5.14. The molecule has 3 aromatic rings. The van der Waals surface area contributed by atoms with Crippen LogP contribution < -0.4 is 5.32 Å². The minimum absolute atomic E-state index is 0.135. The van der Waals surface area contributed by atoms with Gasteiger partial charge in [0.25, 0.3) is 0 Å². The first-order valence-corrected chi connectivity index (χ1v) is 12.3. The number of hydrogen-bond acceptors (Lipinski definition) is 5. The fourth-order valence-corrected chi connectivity index (χ4v) is 6.60. The molecule has 0 radical (unpaired) electrons. The maximum Gasteiger partial charge on any atom is 0.246 e. The molecule has 6 rings (SSSR count). The summed E-state index contributed by atoms with van der Waals surface area (Å²) in [6.45, 7) is 3.84. The van der Waals surface area contributed by atoms with E-state index in [1.54, 1.807) is 0 Å². The molecule has 1 saturated carbocycles. The Morgan fingerprint density at radius 3 is 2.44 bits per heavy atom. The summed E-state index contributed by atoms with van der Waals surface area (Å²) >= 11 is 1.33. The van der Waals surface area contributed by atoms with Gasteiger partial charge in [-0.1, -0.05) is 30.4 Å². The molecule has 1 aliphatic heterocycles. The molecule has 3 amide bonds. The second-order valence-corrected chi connectivity index (χ2v) is 10.2. The monoisotopic (exact) mass is 472 g/mol. The van der Waals surface area contributed by atoms with Crippen molar-refractivity contribution in [3.63, 3.8) is 0 Å². The highest BCUT2D eigenvalue weighted by molar-refractivity contribution is 7.14. The van der Waals surface area contributed by atoms with Crippen LogP contribution in [0, 0.1) is 37.5 Å². The number of aryl methyl sites for hydroxylation is 1. The highest BCUT2D eigenvalue weighted by Gasteiger charge is 2.59. The standard InChI is InChI=1S/C26H24N4O3S/c1-14-10-19(15(2)30(14)18-6-4-3-5-7-18)20-13-34-26(27-20)28-21(31)12-29-24(32)22-16-8-9-17(11-16)23(22)25(29)33/h3-10,13,16-17,22-23H,11-12H2,1-2H3,(H,27,28,31)/t16-,17-,22-,23+/m0/s1. The zero-order valence-corrected chi connectivity index (χ0v) is 19.7. The zero-order valence-electron chi connectivity index (χ0n) is 18.9. The number of para-hydroxylation sites is 1. The highest BCUT2D eigenvalue weighted by Crippen LogP contribution is 2.52. The number of rotatable bonds is 5. The van der Waals surface area contributed by atoms with E-state index in [1.165, 1.54) is 11.3 Å². The van der Waals surface area contributed by atoms with Crippen molar-refractivity contribution in [3.05, 3.63) is 65.3 Å². The third-order valence-corrected chi connectivity index (χ3v) is 8.09. The SMILES string of the molecule is Cc1cc(-c2csc(NC(=O)CN3C(=O)[C@@H]4[C@H](C3=O)[C@H]3C=C[C@H]4C3)n2)c(C)n1-c1ccccc1. The molecule has 2 aliphatic carbocycles. The van der Waals surface area contributed by atoms with Gasteiger partial charge >= 0.3 is 0 Å². The van der Waals surface area contributed by atoms with E-state index in [0.29, 0.717) is 5.13 Å². The van der Waals surface area contributed by atoms with E-state index >= 15 is 0 Å². The average Bonchev–Trinajstić information content (AvgIpc) is 3.63. The third-order valence-electron chi connectivity index (χ3n) is 7.34. The summed E-state index contributed by atoms with van der Waals surface area (Å²) in [5.41, 5.74) is 5.02. The van der Waals surface area contributed by atoms with E-state index in [-0.39, 0.29) is 42.0 Å². The Morgan fingerprint density at radius 2 is 1.76 bits per heavy atom. The predicted molar refractivity (Wildman–Crippen MR) is 129 cm³/mol. The summed E-state index contributed by atoms with van der Waals surface area (Å²) in [4.78, 5) is 44.1. The number of benzene rings is 1. The van der Waals surface area contributed by atoms with Crippen molar-refractivity contribution in [1.29, 1.82) is 0 Å². The maximum absolute atomic E-state index is 12.8. The van der Waals surface area contributed by atoms with Crippen LogP contribution in [-0.4, -0.2) is 38.7 Å². The number of hydrogen-bond donors (Lipinski definition) is 1. The average molecular weight is 473 g/mol. The summed E-state index contributed by atoms with van der Waals surface area (Å²) in [5.74, 6) is -1.14. The number of carbonyl (C=O) groups is 3. The molecular formula is C26H24N4O3S. The number of nitrogens with one attached hydrogen (secondary N) is 1. The molecule has 0 spiro atoms. The second-order valence-electron chi connectivity index (χ2n) is 9.30. The molecular weight excluding hydrogens is 448 g/mol. The van der Waals surface area contributed by atoms with Crippen LogP contribution in [0.15, 0.2) is 53.9 Å². The molecule has 2 aromatic heterocycles. The fourth-order valence-electron chi connectivity index (χ4n) is 5.87. The maximum atomic E-state index is 12.8. The number of thiazole rings is 1. The zero-order chi connectivity index (χ0) is 23.6. The van der Waals surface area contributed by atoms with Gasteiger partial charge in [-0.3, -0.25) is 19.3 Å². The van der Waals surface area contributed by atoms with Crippen molar-refractivity contribution in [3.8, 4) is 16.9 Å². The van der Waals surface area contributed by atoms with Crippen molar-refractivity contribution >= 4 is 34.2 Å². The Kier molecular flexibility index (Phi) is 4.81. The Bertz CT molecular complexity index is 1330. The quantitative estimate of drug-likeness (QED) is 0.450. The Morgan fingerprint density at radius 1 is 1.09 bits per heavy atom. The number of fused-ring (bicyclic) bond motifs is 5. The number of likely N-dealkylation sites (tertiary alicyclic amines) is 1. The molecule has 4 atom stereocenters. The molecule has 3 aliphatic rings. The molecule has 1 saturated heterocycles. The lowest BCUT2D eigenvalue weighted by atomic mass is 9.85. The molecule has 172 valence electrons. The lowest BCUT2D eigenvalue weighted by Gasteiger charge is -2.16. The number of carbonyl (C=O) groups excluding carboxylic acids is 3. The van der Waals surface area contributed by atoms with Crippen LogP contribution in [0.2, 0.25) is 0 Å². The van der Waals surface area contributed by atoms with Gasteiger partial charge in [0, 0.05) is 28.0 Å². The van der Waals surface area contributed by atoms with E-state index in [1.807, 2.05) is 35.7 Å². The van der Waals surface area contributed by atoms with E-state index in [4.69, 9.17) is 0 Å². The minimum Gasteiger partial charge on any atom is -0.318 e. The van der Waals surface area contributed by atoms with Crippen LogP contribution in [0.3, 0.4) is 0 Å². The largest absolute Gasteiger partial charge is 0.318 e. The van der Waals surface area contributed by atoms with Gasteiger partial charge < -0.3 is 9.88 Å². The first kappa shape index (κ1) is 21.0. The molecule has 7 nitrogen and oxygen atoms in total. The Labute approximate surface area is 201 Å². The topological polar surface area (TPSA) is 84.3 Å². The Hall–Kier alpha value is -3.52. The molecule has 2 fully saturated rings. The molecule has 2 bridgehead atoms. The number of aromatic nitrogens is 2. The van der Waals surface area contributed by atoms with Crippen molar-refractivity contribution < 1.29 is 14.4 Å². The van der Waals surface area contributed by atoms with Crippen molar-refractivity contribution in [2.24, 2.45) is 23.7 Å². The van der Waals surface area contributed by atoms with Crippen LogP contribution in [-0.2, 0) is 14.4 Å². The van der Waals surface area contributed by atoms with E-state index in [0.717, 1.165) is 39.7 Å². The van der Waals surface area contributed by atoms with Crippen LogP contribution in [0.5, 0.6) is 0 Å². The van der Waals surface area contributed by atoms with Gasteiger partial charge in [0.05, 0.1) is 17.5 Å². The number of allylic oxidation sites excluding steroid dienone is 2. The van der Waals surface area contributed by atoms with Crippen molar-refractivity contribution in [2.75, 3.05) is 11.9 Å². The molecule has 1 aromatic carbocycles. The highest BCUT2D eigenvalue weighted by atomic mass is 32.1. The summed E-state index contributed by atoms with van der Waals surface area (Å²) < 4.78 is 2.18. The molecule has 0 unspecified atom stereocenters. The van der Waals surface area contributed by atoms with Gasteiger partial charge in [0.15, 0.2) is 5.13 Å². The van der Waals surface area contributed by atoms with Crippen molar-refractivity contribution in [2.45, 2.75) is 20.3 Å². The van der Waals surface area contributed by atoms with Crippen LogP contribution in [0.4, 0.5) is 5.13 Å². The van der Waals surface area contributed by atoms with Gasteiger partial charge in [-0.25, -0.2) is 4.98 Å². The molecule has 8 heteroatoms. The van der Waals surface area contributed by atoms with Gasteiger partial charge in [0.1, 0.15) is 6.54 Å². The number of imide groups is 1. The first-order valence-electron chi connectivity index (χ1n) is 11.5. The van der Waals surface area contributed by atoms with Crippen LogP contribution in [0.1, 0.15) is 17.8 Å². The summed E-state index contributed by atoms with van der Waals surface area (Å²) in [7, 11) is 0. The molecule has 1 N–H and O–H groups in total. The van der Waals surface area contributed by atoms with Gasteiger partial charge in [-0.15, -0.1) is 11.3 Å². The number of nitrogens with zero attached hydrogens (tertiary/aromatic N) is 3. The fraction of sp³-hybridized carbons (Fsp3) is 0.308. The van der Waals surface area contributed by atoms with Gasteiger partial charge in [-0.05, 0) is 50.3 Å². The summed E-state index contributed by atoms with van der Waals surface area (Å²) in [6, 6.07) is 12.2. The second kappa shape index (κ2) is 7.77. The number of amides is 3. The lowest BCUT2D eigenvalue weighted by molar-refractivity contribution is -0.143. The molecule has 34 heavy (non-hydrogen) atoms. The van der Waals surface area contributed by atoms with E-state index in [9.17, 15) is 14.4 Å². The third kappa shape index (κ3) is 3.16. The lowest BCUT2D eigenvalue weighted by Crippen LogP contribution is -2.39. The van der Waals surface area contributed by atoms with Crippen LogP contribution in [0.25, 0.3) is 16.9 Å².